The molecule has 0 radical (unpaired) electrons. The average molecular weight is 246 g/mol. The zero-order valence-electron chi connectivity index (χ0n) is 11.5. The van der Waals surface area contributed by atoms with Gasteiger partial charge in [-0.2, -0.15) is 0 Å². The van der Waals surface area contributed by atoms with Gasteiger partial charge in [0, 0.05) is 26.2 Å². The molecule has 0 aromatic heterocycles. The molecule has 17 heavy (non-hydrogen) atoms. The predicted octanol–water partition coefficient (Wildman–Crippen LogP) is 2.73. The summed E-state index contributed by atoms with van der Waals surface area (Å²) in [6.07, 6.45) is 4.01. The Morgan fingerprint density at radius 2 is 1.41 bits per heavy atom. The molecule has 0 spiro atoms. The van der Waals surface area contributed by atoms with Gasteiger partial charge in [0.25, 0.3) is 0 Å². The van der Waals surface area contributed by atoms with Crippen molar-refractivity contribution < 1.29 is 18.9 Å². The first-order valence-electron chi connectivity index (χ1n) is 6.41. The average Bonchev–Trinajstić information content (AvgIpc) is 2.30. The van der Waals surface area contributed by atoms with E-state index in [2.05, 4.69) is 0 Å². The van der Waals surface area contributed by atoms with E-state index in [0.717, 1.165) is 0 Å². The Morgan fingerprint density at radius 1 is 0.824 bits per heavy atom. The summed E-state index contributed by atoms with van der Waals surface area (Å²) in [6.45, 7) is 10.4. The van der Waals surface area contributed by atoms with Crippen molar-refractivity contribution >= 4 is 0 Å². The predicted molar refractivity (Wildman–Crippen MR) is 67.8 cm³/mol. The Morgan fingerprint density at radius 3 is 1.88 bits per heavy atom. The normalized spacial score (nSPS) is 13.5. The molecule has 0 rings (SSSR count). The molecule has 0 aliphatic carbocycles. The Bertz CT molecular complexity index is 176. The third kappa shape index (κ3) is 9.15. The molecule has 1 atom stereocenters. The van der Waals surface area contributed by atoms with E-state index < -0.39 is 0 Å². The van der Waals surface area contributed by atoms with Gasteiger partial charge in [-0.1, -0.05) is 0 Å². The van der Waals surface area contributed by atoms with Crippen molar-refractivity contribution in [2.75, 3.05) is 26.4 Å². The molecule has 0 aliphatic heterocycles. The Kier molecular flexibility index (Phi) is 11.5. The second-order valence-corrected chi connectivity index (χ2v) is 3.35. The zero-order valence-corrected chi connectivity index (χ0v) is 11.5. The van der Waals surface area contributed by atoms with Crippen LogP contribution in [0.15, 0.2) is 12.3 Å². The van der Waals surface area contributed by atoms with Gasteiger partial charge >= 0.3 is 0 Å². The van der Waals surface area contributed by atoms with Crippen molar-refractivity contribution in [3.63, 3.8) is 0 Å². The van der Waals surface area contributed by atoms with Gasteiger partial charge in [-0.25, -0.2) is 0 Å². The molecular weight excluding hydrogens is 220 g/mol. The smallest absolute Gasteiger partial charge is 0.160 e. The van der Waals surface area contributed by atoms with Crippen LogP contribution in [0, 0.1) is 0 Å². The minimum Gasteiger partial charge on any atom is -0.502 e. The minimum absolute atomic E-state index is 0.0327. The molecule has 1 unspecified atom stereocenters. The highest BCUT2D eigenvalue weighted by Crippen LogP contribution is 2.10. The fourth-order valence-electron chi connectivity index (χ4n) is 1.40. The Hall–Kier alpha value is -0.580. The van der Waals surface area contributed by atoms with E-state index >= 15 is 0 Å². The van der Waals surface area contributed by atoms with Crippen molar-refractivity contribution in [2.45, 2.75) is 46.5 Å². The summed E-state index contributed by atoms with van der Waals surface area (Å²) in [5, 5.41) is 0. The molecule has 0 aromatic rings. The van der Waals surface area contributed by atoms with Gasteiger partial charge < -0.3 is 18.9 Å². The van der Waals surface area contributed by atoms with Crippen molar-refractivity contribution in [3.8, 4) is 0 Å². The number of ether oxygens (including phenoxy) is 4. The van der Waals surface area contributed by atoms with Gasteiger partial charge in [0.2, 0.25) is 0 Å². The third-order valence-corrected chi connectivity index (χ3v) is 2.07. The van der Waals surface area contributed by atoms with Crippen LogP contribution in [0.5, 0.6) is 0 Å². The van der Waals surface area contributed by atoms with Crippen LogP contribution >= 0.6 is 0 Å². The Balaban J connectivity index is 4.16. The second-order valence-electron chi connectivity index (χ2n) is 3.35. The fraction of sp³-hybridized carbons (Fsp3) is 0.846. The number of hydrogen-bond donors (Lipinski definition) is 0. The lowest BCUT2D eigenvalue weighted by Crippen LogP contribution is -2.25. The van der Waals surface area contributed by atoms with Crippen LogP contribution in [0.3, 0.4) is 0 Å². The van der Waals surface area contributed by atoms with Crippen molar-refractivity contribution in [3.05, 3.63) is 12.3 Å². The first kappa shape index (κ1) is 16.4. The molecule has 0 N–H and O–H groups in total. The standard InChI is InChI=1S/C13H26O4/c1-5-14-10-9-12(15-6-2)11-13(16-7-3)17-8-4/h9-10,12-13H,5-8,11H2,1-4H3. The summed E-state index contributed by atoms with van der Waals surface area (Å²) in [4.78, 5) is 0. The molecule has 0 aromatic carbocycles. The van der Waals surface area contributed by atoms with Crippen LogP contribution in [0.4, 0.5) is 0 Å². The van der Waals surface area contributed by atoms with Crippen LogP contribution in [0.25, 0.3) is 0 Å². The highest BCUT2D eigenvalue weighted by Gasteiger charge is 2.15. The summed E-state index contributed by atoms with van der Waals surface area (Å²) >= 11 is 0. The van der Waals surface area contributed by atoms with Gasteiger partial charge in [0.05, 0.1) is 19.0 Å². The van der Waals surface area contributed by atoms with Gasteiger partial charge in [-0.05, 0) is 33.8 Å². The number of hydrogen-bond acceptors (Lipinski definition) is 4. The maximum Gasteiger partial charge on any atom is 0.160 e. The molecule has 0 fully saturated rings. The van der Waals surface area contributed by atoms with Gasteiger partial charge in [0.15, 0.2) is 6.29 Å². The fourth-order valence-corrected chi connectivity index (χ4v) is 1.40. The molecule has 0 aliphatic rings. The van der Waals surface area contributed by atoms with Crippen molar-refractivity contribution in [1.29, 1.82) is 0 Å². The van der Waals surface area contributed by atoms with Crippen molar-refractivity contribution in [2.24, 2.45) is 0 Å². The van der Waals surface area contributed by atoms with E-state index in [1.807, 2.05) is 33.8 Å². The van der Waals surface area contributed by atoms with Gasteiger partial charge in [0.1, 0.15) is 0 Å². The summed E-state index contributed by atoms with van der Waals surface area (Å²) in [7, 11) is 0. The van der Waals surface area contributed by atoms with E-state index in [1.54, 1.807) is 6.26 Å². The first-order valence-corrected chi connectivity index (χ1v) is 6.41. The van der Waals surface area contributed by atoms with E-state index in [0.29, 0.717) is 32.8 Å². The van der Waals surface area contributed by atoms with Crippen LogP contribution in [0.1, 0.15) is 34.1 Å². The molecule has 0 heterocycles. The quantitative estimate of drug-likeness (QED) is 0.415. The second kappa shape index (κ2) is 11.9. The highest BCUT2D eigenvalue weighted by molar-refractivity contribution is 4.85. The summed E-state index contributed by atoms with van der Waals surface area (Å²) in [5.74, 6) is 0. The van der Waals surface area contributed by atoms with Gasteiger partial charge in [-0.3, -0.25) is 0 Å². The maximum atomic E-state index is 5.58. The van der Waals surface area contributed by atoms with Crippen LogP contribution in [0.2, 0.25) is 0 Å². The third-order valence-electron chi connectivity index (χ3n) is 2.07. The molecule has 102 valence electrons. The van der Waals surface area contributed by atoms with Crippen LogP contribution < -0.4 is 0 Å². The molecule has 0 bridgehead atoms. The molecule has 4 heteroatoms. The zero-order chi connectivity index (χ0) is 12.9. The summed E-state index contributed by atoms with van der Waals surface area (Å²) < 4.78 is 21.7. The highest BCUT2D eigenvalue weighted by atomic mass is 16.7. The van der Waals surface area contributed by atoms with E-state index in [9.17, 15) is 0 Å². The summed E-state index contributed by atoms with van der Waals surface area (Å²) in [5.41, 5.74) is 0. The topological polar surface area (TPSA) is 36.9 Å². The van der Waals surface area contributed by atoms with Gasteiger partial charge in [-0.15, -0.1) is 0 Å². The first-order chi connectivity index (χ1) is 8.28. The lowest BCUT2D eigenvalue weighted by atomic mass is 10.2. The van der Waals surface area contributed by atoms with E-state index in [-0.39, 0.29) is 12.4 Å². The van der Waals surface area contributed by atoms with Crippen LogP contribution in [-0.2, 0) is 18.9 Å². The maximum absolute atomic E-state index is 5.58. The number of rotatable bonds is 11. The largest absolute Gasteiger partial charge is 0.502 e. The van der Waals surface area contributed by atoms with E-state index in [1.165, 1.54) is 0 Å². The molecule has 0 amide bonds. The molecule has 0 saturated heterocycles. The molecule has 4 nitrogen and oxygen atoms in total. The minimum atomic E-state index is -0.215. The van der Waals surface area contributed by atoms with Crippen molar-refractivity contribution in [1.82, 2.24) is 0 Å². The van der Waals surface area contributed by atoms with Crippen LogP contribution in [-0.4, -0.2) is 38.8 Å². The monoisotopic (exact) mass is 246 g/mol. The molecule has 0 saturated carbocycles. The lowest BCUT2D eigenvalue weighted by molar-refractivity contribution is -0.152. The molecular formula is C13H26O4. The Labute approximate surface area is 105 Å². The lowest BCUT2D eigenvalue weighted by Gasteiger charge is -2.21. The summed E-state index contributed by atoms with van der Waals surface area (Å²) in [6, 6.07) is 0. The SMILES string of the molecule is CCOC=CC(CC(OCC)OCC)OCC. The van der Waals surface area contributed by atoms with E-state index in [4.69, 9.17) is 18.9 Å².